The minimum Gasteiger partial charge on any atom is -0.383 e. The summed E-state index contributed by atoms with van der Waals surface area (Å²) in [6, 6.07) is 3.23. The number of fused-ring (bicyclic) bond motifs is 1. The number of hydrogen-bond acceptors (Lipinski definition) is 6. The predicted molar refractivity (Wildman–Crippen MR) is 95.0 cm³/mol. The third-order valence-corrected chi connectivity index (χ3v) is 4.52. The van der Waals surface area contributed by atoms with Crippen LogP contribution in [0.3, 0.4) is 0 Å². The van der Waals surface area contributed by atoms with Crippen molar-refractivity contribution < 1.29 is 8.78 Å². The molecule has 6 nitrogen and oxygen atoms in total. The first-order chi connectivity index (χ1) is 12.7. The molecule has 2 aromatic rings. The van der Waals surface area contributed by atoms with E-state index in [0.717, 1.165) is 31.7 Å². The number of hydrogen-bond donors (Lipinski definition) is 3. The van der Waals surface area contributed by atoms with E-state index in [1.165, 1.54) is 18.5 Å². The second kappa shape index (κ2) is 7.25. The quantitative estimate of drug-likeness (QED) is 0.768. The molecule has 0 amide bonds. The van der Waals surface area contributed by atoms with Gasteiger partial charge >= 0.3 is 0 Å². The topological polar surface area (TPSA) is 65.1 Å². The van der Waals surface area contributed by atoms with Gasteiger partial charge in [-0.3, -0.25) is 4.98 Å². The molecular formula is C18H20F2N6. The van der Waals surface area contributed by atoms with Crippen molar-refractivity contribution in [2.24, 2.45) is 0 Å². The molecule has 2 aliphatic rings. The van der Waals surface area contributed by atoms with E-state index in [-0.39, 0.29) is 17.9 Å². The monoisotopic (exact) mass is 358 g/mol. The van der Waals surface area contributed by atoms with Gasteiger partial charge in [-0.1, -0.05) is 0 Å². The van der Waals surface area contributed by atoms with Crippen molar-refractivity contribution in [3.05, 3.63) is 59.3 Å². The Labute approximate surface area is 150 Å². The van der Waals surface area contributed by atoms with Gasteiger partial charge in [-0.15, -0.1) is 0 Å². The second-order valence-electron chi connectivity index (χ2n) is 6.28. The molecular weight excluding hydrogens is 338 g/mol. The maximum Gasteiger partial charge on any atom is 0.151 e. The Kier molecular flexibility index (Phi) is 4.66. The molecule has 0 radical (unpaired) electrons. The van der Waals surface area contributed by atoms with Crippen LogP contribution in [0.2, 0.25) is 0 Å². The second-order valence-corrected chi connectivity index (χ2v) is 6.28. The normalized spacial score (nSPS) is 17.9. The van der Waals surface area contributed by atoms with E-state index in [9.17, 15) is 8.78 Å². The molecule has 2 aliphatic heterocycles. The summed E-state index contributed by atoms with van der Waals surface area (Å²) in [4.78, 5) is 10.2. The average Bonchev–Trinajstić information content (AvgIpc) is 2.67. The van der Waals surface area contributed by atoms with E-state index in [1.54, 1.807) is 12.3 Å². The molecule has 0 saturated carbocycles. The lowest BCUT2D eigenvalue weighted by Crippen LogP contribution is -2.45. The summed E-state index contributed by atoms with van der Waals surface area (Å²) in [5.41, 5.74) is 2.75. The zero-order chi connectivity index (χ0) is 17.9. The van der Waals surface area contributed by atoms with Gasteiger partial charge in [0.25, 0.3) is 0 Å². The standard InChI is InChI=1S/C18H20F2N6/c19-13-7-12(8-15-17(13)24-2-1-23-15)9-25-16-11-22-10-14(20)18(16)26-5-3-21-4-6-26/h1-2,7-8,11,21-22,25H,3-6,9-10H2. The van der Waals surface area contributed by atoms with Crippen LogP contribution in [0, 0.1) is 5.82 Å². The summed E-state index contributed by atoms with van der Waals surface area (Å²) < 4.78 is 28.7. The maximum absolute atomic E-state index is 14.5. The highest BCUT2D eigenvalue weighted by molar-refractivity contribution is 5.75. The van der Waals surface area contributed by atoms with Crippen LogP contribution >= 0.6 is 0 Å². The summed E-state index contributed by atoms with van der Waals surface area (Å²) in [5.74, 6) is -0.598. The largest absolute Gasteiger partial charge is 0.383 e. The first-order valence-electron chi connectivity index (χ1n) is 8.63. The molecule has 4 rings (SSSR count). The lowest BCUT2D eigenvalue weighted by Gasteiger charge is -2.34. The molecule has 1 saturated heterocycles. The van der Waals surface area contributed by atoms with E-state index >= 15 is 0 Å². The molecule has 3 heterocycles. The van der Waals surface area contributed by atoms with Crippen molar-refractivity contribution in [2.45, 2.75) is 6.54 Å². The molecule has 1 aromatic heterocycles. The molecule has 0 aliphatic carbocycles. The van der Waals surface area contributed by atoms with Gasteiger partial charge in [0.2, 0.25) is 0 Å². The van der Waals surface area contributed by atoms with Gasteiger partial charge in [-0.05, 0) is 17.7 Å². The van der Waals surface area contributed by atoms with Crippen molar-refractivity contribution in [2.75, 3.05) is 32.7 Å². The summed E-state index contributed by atoms with van der Waals surface area (Å²) in [6.45, 7) is 3.70. The van der Waals surface area contributed by atoms with E-state index in [4.69, 9.17) is 0 Å². The Morgan fingerprint density at radius 3 is 2.77 bits per heavy atom. The number of piperazine rings is 1. The van der Waals surface area contributed by atoms with Gasteiger partial charge in [0.15, 0.2) is 5.82 Å². The van der Waals surface area contributed by atoms with Crippen LogP contribution in [0.1, 0.15) is 5.56 Å². The average molecular weight is 358 g/mol. The molecule has 1 fully saturated rings. The number of halogens is 2. The van der Waals surface area contributed by atoms with Gasteiger partial charge in [-0.2, -0.15) is 0 Å². The van der Waals surface area contributed by atoms with Crippen LogP contribution in [0.25, 0.3) is 11.0 Å². The van der Waals surface area contributed by atoms with Gasteiger partial charge in [0.05, 0.1) is 23.5 Å². The fourth-order valence-electron chi connectivity index (χ4n) is 3.29. The van der Waals surface area contributed by atoms with Gasteiger partial charge in [-0.25, -0.2) is 13.8 Å². The third-order valence-electron chi connectivity index (χ3n) is 4.52. The molecule has 8 heteroatoms. The molecule has 0 atom stereocenters. The van der Waals surface area contributed by atoms with Crippen molar-refractivity contribution in [3.8, 4) is 0 Å². The smallest absolute Gasteiger partial charge is 0.151 e. The molecule has 1 aromatic carbocycles. The minimum absolute atomic E-state index is 0.185. The van der Waals surface area contributed by atoms with E-state index in [1.807, 2.05) is 4.90 Å². The highest BCUT2D eigenvalue weighted by Crippen LogP contribution is 2.23. The lowest BCUT2D eigenvalue weighted by atomic mass is 10.1. The molecule has 0 unspecified atom stereocenters. The summed E-state index contributed by atoms with van der Waals surface area (Å²) in [5, 5.41) is 9.43. The highest BCUT2D eigenvalue weighted by atomic mass is 19.1. The summed E-state index contributed by atoms with van der Waals surface area (Å²) in [6.07, 6.45) is 4.78. The molecule has 0 bridgehead atoms. The van der Waals surface area contributed by atoms with Crippen molar-refractivity contribution >= 4 is 11.0 Å². The fourth-order valence-corrected chi connectivity index (χ4v) is 3.29. The number of benzene rings is 1. The van der Waals surface area contributed by atoms with Gasteiger partial charge in [0.1, 0.15) is 11.3 Å². The van der Waals surface area contributed by atoms with Crippen molar-refractivity contribution in [1.29, 1.82) is 0 Å². The van der Waals surface area contributed by atoms with Gasteiger partial charge < -0.3 is 20.9 Å². The van der Waals surface area contributed by atoms with Crippen LogP contribution < -0.4 is 16.0 Å². The van der Waals surface area contributed by atoms with E-state index in [0.29, 0.717) is 23.5 Å². The van der Waals surface area contributed by atoms with Crippen LogP contribution in [0.15, 0.2) is 47.9 Å². The Bertz CT molecular complexity index is 873. The SMILES string of the molecule is FC1=C(N2CCNCC2)C(NCc2cc(F)c3nccnc3c2)=CNC1. The van der Waals surface area contributed by atoms with Crippen molar-refractivity contribution in [1.82, 2.24) is 30.8 Å². The number of nitrogens with zero attached hydrogens (tertiary/aromatic N) is 3. The number of dihydropyridines is 1. The molecule has 26 heavy (non-hydrogen) atoms. The summed E-state index contributed by atoms with van der Waals surface area (Å²) in [7, 11) is 0. The first kappa shape index (κ1) is 16.7. The van der Waals surface area contributed by atoms with Crippen LogP contribution in [-0.4, -0.2) is 47.6 Å². The zero-order valence-corrected chi connectivity index (χ0v) is 14.2. The van der Waals surface area contributed by atoms with Crippen molar-refractivity contribution in [3.63, 3.8) is 0 Å². The maximum atomic E-state index is 14.5. The third kappa shape index (κ3) is 3.32. The van der Waals surface area contributed by atoms with E-state index < -0.39 is 5.82 Å². The highest BCUT2D eigenvalue weighted by Gasteiger charge is 2.23. The Morgan fingerprint density at radius 2 is 1.92 bits per heavy atom. The number of aromatic nitrogens is 2. The van der Waals surface area contributed by atoms with E-state index in [2.05, 4.69) is 25.9 Å². The fraction of sp³-hybridized carbons (Fsp3) is 0.333. The Hall–Kier alpha value is -2.74. The number of nitrogens with one attached hydrogen (secondary N) is 3. The molecule has 0 spiro atoms. The zero-order valence-electron chi connectivity index (χ0n) is 14.2. The lowest BCUT2D eigenvalue weighted by molar-refractivity contribution is 0.287. The Balaban J connectivity index is 1.54. The minimum atomic E-state index is -0.410. The first-order valence-corrected chi connectivity index (χ1v) is 8.63. The Morgan fingerprint density at radius 1 is 1.12 bits per heavy atom. The van der Waals surface area contributed by atoms with Gasteiger partial charge in [0, 0.05) is 51.3 Å². The predicted octanol–water partition coefficient (Wildman–Crippen LogP) is 1.39. The molecule has 136 valence electrons. The van der Waals surface area contributed by atoms with Crippen LogP contribution in [-0.2, 0) is 6.54 Å². The summed E-state index contributed by atoms with van der Waals surface area (Å²) >= 11 is 0. The number of rotatable bonds is 4. The molecule has 3 N–H and O–H groups in total. The van der Waals surface area contributed by atoms with Crippen LogP contribution in [0.4, 0.5) is 8.78 Å². The van der Waals surface area contributed by atoms with Crippen LogP contribution in [0.5, 0.6) is 0 Å².